The van der Waals surface area contributed by atoms with E-state index in [0.717, 1.165) is 31.7 Å². The average molecular weight is 357 g/mol. The third-order valence-corrected chi connectivity index (χ3v) is 4.84. The maximum atomic E-state index is 12.6. The number of amides is 1. The summed E-state index contributed by atoms with van der Waals surface area (Å²) in [7, 11) is 1.87. The van der Waals surface area contributed by atoms with Crippen LogP contribution in [0.5, 0.6) is 0 Å². The number of carbonyl (C=O) groups is 1. The summed E-state index contributed by atoms with van der Waals surface area (Å²) < 4.78 is 5.23. The van der Waals surface area contributed by atoms with Crippen LogP contribution in [-0.4, -0.2) is 46.1 Å². The number of aryl methyl sites for hydroxylation is 1. The van der Waals surface area contributed by atoms with Crippen LogP contribution in [0.25, 0.3) is 0 Å². The number of hydrogen-bond donors (Lipinski definition) is 1. The highest BCUT2D eigenvalue weighted by Crippen LogP contribution is 2.28. The van der Waals surface area contributed by atoms with Crippen molar-refractivity contribution in [3.8, 4) is 0 Å². The molecule has 0 unspecified atom stereocenters. The Morgan fingerprint density at radius 2 is 2.31 bits per heavy atom. The van der Waals surface area contributed by atoms with Gasteiger partial charge < -0.3 is 14.7 Å². The lowest BCUT2D eigenvalue weighted by Gasteiger charge is -2.33. The van der Waals surface area contributed by atoms with Crippen molar-refractivity contribution in [1.29, 1.82) is 0 Å². The van der Waals surface area contributed by atoms with Gasteiger partial charge in [0.05, 0.1) is 0 Å². The third kappa shape index (κ3) is 4.39. The van der Waals surface area contributed by atoms with Crippen LogP contribution < -0.4 is 5.32 Å². The van der Waals surface area contributed by atoms with Gasteiger partial charge in [-0.1, -0.05) is 19.0 Å². The van der Waals surface area contributed by atoms with Crippen molar-refractivity contribution in [3.05, 3.63) is 35.6 Å². The van der Waals surface area contributed by atoms with Crippen LogP contribution in [0.1, 0.15) is 62.2 Å². The molecule has 0 bridgehead atoms. The van der Waals surface area contributed by atoms with Crippen LogP contribution in [0.15, 0.2) is 22.9 Å². The second-order valence-electron chi connectivity index (χ2n) is 7.10. The maximum absolute atomic E-state index is 12.6. The largest absolute Gasteiger partial charge is 0.373 e. The Labute approximate surface area is 154 Å². The summed E-state index contributed by atoms with van der Waals surface area (Å²) in [5.41, 5.74) is 1.24. The number of likely N-dealkylation sites (tertiary alicyclic amines) is 1. The summed E-state index contributed by atoms with van der Waals surface area (Å²) in [4.78, 5) is 23.2. The zero-order valence-corrected chi connectivity index (χ0v) is 15.7. The molecule has 7 heteroatoms. The summed E-state index contributed by atoms with van der Waals surface area (Å²) in [6.07, 6.45) is 4.84. The second kappa shape index (κ2) is 8.29. The lowest BCUT2D eigenvalue weighted by molar-refractivity contribution is -0.132. The van der Waals surface area contributed by atoms with Gasteiger partial charge in [0.15, 0.2) is 5.82 Å². The minimum Gasteiger partial charge on any atom is -0.373 e. The highest BCUT2D eigenvalue weighted by molar-refractivity contribution is 5.76. The molecule has 140 valence electrons. The first-order valence-corrected chi connectivity index (χ1v) is 9.30. The molecular formula is C19H27N5O2. The fourth-order valence-corrected chi connectivity index (χ4v) is 3.29. The number of pyridine rings is 1. The van der Waals surface area contributed by atoms with Crippen LogP contribution in [0.4, 0.5) is 5.82 Å². The molecule has 3 rings (SSSR count). The van der Waals surface area contributed by atoms with E-state index in [2.05, 4.69) is 26.5 Å². The molecular weight excluding hydrogens is 330 g/mol. The van der Waals surface area contributed by atoms with E-state index < -0.39 is 0 Å². The van der Waals surface area contributed by atoms with E-state index in [1.54, 1.807) is 0 Å². The zero-order chi connectivity index (χ0) is 18.5. The van der Waals surface area contributed by atoms with Gasteiger partial charge in [0.1, 0.15) is 5.82 Å². The molecule has 7 nitrogen and oxygen atoms in total. The summed E-state index contributed by atoms with van der Waals surface area (Å²) >= 11 is 0. The molecule has 1 amide bonds. The smallest absolute Gasteiger partial charge is 0.227 e. The monoisotopic (exact) mass is 357 g/mol. The van der Waals surface area contributed by atoms with Crippen LogP contribution in [0.3, 0.4) is 0 Å². The minimum absolute atomic E-state index is 0.155. The fraction of sp³-hybridized carbons (Fsp3) is 0.579. The Balaban J connectivity index is 1.57. The highest BCUT2D eigenvalue weighted by Gasteiger charge is 2.25. The number of anilines is 1. The van der Waals surface area contributed by atoms with Gasteiger partial charge in [-0.25, -0.2) is 4.98 Å². The van der Waals surface area contributed by atoms with E-state index in [1.165, 1.54) is 5.56 Å². The first-order valence-electron chi connectivity index (χ1n) is 9.30. The van der Waals surface area contributed by atoms with Crippen molar-refractivity contribution in [2.75, 3.05) is 25.5 Å². The van der Waals surface area contributed by atoms with Gasteiger partial charge in [-0.2, -0.15) is 4.98 Å². The second-order valence-corrected chi connectivity index (χ2v) is 7.10. The van der Waals surface area contributed by atoms with Crippen molar-refractivity contribution < 1.29 is 9.32 Å². The van der Waals surface area contributed by atoms with Gasteiger partial charge in [0.2, 0.25) is 11.8 Å². The molecule has 0 saturated carbocycles. The Morgan fingerprint density at radius 3 is 3.04 bits per heavy atom. The Kier molecular flexibility index (Phi) is 5.85. The van der Waals surface area contributed by atoms with E-state index in [-0.39, 0.29) is 11.8 Å². The van der Waals surface area contributed by atoms with Crippen molar-refractivity contribution in [3.63, 3.8) is 0 Å². The molecule has 1 aliphatic heterocycles. The summed E-state index contributed by atoms with van der Waals surface area (Å²) in [6.45, 7) is 5.62. The molecule has 26 heavy (non-hydrogen) atoms. The SMILES string of the molecule is CNc1cc([C@H]2CCCN(C(=O)CCc3nc(C(C)C)no3)C2)ccn1. The number of hydrogen-bond acceptors (Lipinski definition) is 6. The summed E-state index contributed by atoms with van der Waals surface area (Å²) in [6, 6.07) is 4.12. The van der Waals surface area contributed by atoms with Gasteiger partial charge in [-0.3, -0.25) is 4.79 Å². The van der Waals surface area contributed by atoms with E-state index in [9.17, 15) is 4.79 Å². The predicted molar refractivity (Wildman–Crippen MR) is 99.0 cm³/mol. The number of carbonyl (C=O) groups excluding carboxylic acids is 1. The highest BCUT2D eigenvalue weighted by atomic mass is 16.5. The van der Waals surface area contributed by atoms with Gasteiger partial charge in [0.25, 0.3) is 0 Å². The topological polar surface area (TPSA) is 84.2 Å². The first-order chi connectivity index (χ1) is 12.6. The molecule has 3 heterocycles. The normalized spacial score (nSPS) is 17.5. The first kappa shape index (κ1) is 18.4. The van der Waals surface area contributed by atoms with Crippen LogP contribution >= 0.6 is 0 Å². The summed E-state index contributed by atoms with van der Waals surface area (Å²) in [5.74, 6) is 2.85. The molecule has 2 aromatic rings. The molecule has 2 aromatic heterocycles. The fourth-order valence-electron chi connectivity index (χ4n) is 3.29. The van der Waals surface area contributed by atoms with Crippen molar-refractivity contribution in [2.24, 2.45) is 0 Å². The van der Waals surface area contributed by atoms with E-state index in [4.69, 9.17) is 4.52 Å². The van der Waals surface area contributed by atoms with Crippen LogP contribution in [0, 0.1) is 0 Å². The van der Waals surface area contributed by atoms with Gasteiger partial charge in [0, 0.05) is 51.0 Å². The van der Waals surface area contributed by atoms with E-state index in [0.29, 0.717) is 30.5 Å². The van der Waals surface area contributed by atoms with Crippen molar-refractivity contribution >= 4 is 11.7 Å². The maximum Gasteiger partial charge on any atom is 0.227 e. The Hall–Kier alpha value is -2.44. The number of rotatable bonds is 6. The van der Waals surface area contributed by atoms with Crippen LogP contribution in [-0.2, 0) is 11.2 Å². The molecule has 0 aromatic carbocycles. The number of nitrogens with one attached hydrogen (secondary N) is 1. The lowest BCUT2D eigenvalue weighted by Crippen LogP contribution is -2.39. The average Bonchev–Trinajstić information content (AvgIpc) is 3.15. The summed E-state index contributed by atoms with van der Waals surface area (Å²) in [5, 5.41) is 7.03. The molecule has 0 radical (unpaired) electrons. The number of nitrogens with zero attached hydrogens (tertiary/aromatic N) is 4. The Bertz CT molecular complexity index is 743. The molecule has 1 saturated heterocycles. The van der Waals surface area contributed by atoms with Crippen molar-refractivity contribution in [2.45, 2.75) is 51.4 Å². The standard InChI is InChI=1S/C19H27N5O2/c1-13(2)19-22-17(26-23-19)6-7-18(25)24-10-4-5-15(12-24)14-8-9-21-16(11-14)20-3/h8-9,11,13,15H,4-7,10,12H2,1-3H3,(H,20,21)/t15-/m0/s1. The molecule has 1 atom stereocenters. The van der Waals surface area contributed by atoms with Gasteiger partial charge >= 0.3 is 0 Å². The predicted octanol–water partition coefficient (Wildman–Crippen LogP) is 2.97. The quantitative estimate of drug-likeness (QED) is 0.856. The van der Waals surface area contributed by atoms with Gasteiger partial charge in [-0.05, 0) is 30.5 Å². The zero-order valence-electron chi connectivity index (χ0n) is 15.7. The molecule has 1 N–H and O–H groups in total. The number of aromatic nitrogens is 3. The molecule has 0 spiro atoms. The Morgan fingerprint density at radius 1 is 1.46 bits per heavy atom. The van der Waals surface area contributed by atoms with Crippen molar-refractivity contribution in [1.82, 2.24) is 20.0 Å². The lowest BCUT2D eigenvalue weighted by atomic mass is 9.91. The van der Waals surface area contributed by atoms with Gasteiger partial charge in [-0.15, -0.1) is 0 Å². The van der Waals surface area contributed by atoms with E-state index >= 15 is 0 Å². The molecule has 0 aliphatic carbocycles. The molecule has 1 aliphatic rings. The van der Waals surface area contributed by atoms with Crippen LogP contribution in [0.2, 0.25) is 0 Å². The van der Waals surface area contributed by atoms with E-state index in [1.807, 2.05) is 38.1 Å². The molecule has 1 fully saturated rings. The number of piperidine rings is 1. The minimum atomic E-state index is 0.155. The third-order valence-electron chi connectivity index (χ3n) is 4.84.